The molecule has 1 amide bonds. The van der Waals surface area contributed by atoms with Crippen molar-refractivity contribution in [2.24, 2.45) is 0 Å². The first-order chi connectivity index (χ1) is 12.3. The summed E-state index contributed by atoms with van der Waals surface area (Å²) >= 11 is 0. The summed E-state index contributed by atoms with van der Waals surface area (Å²) in [5.74, 6) is 1.09. The number of hydrogen-bond donors (Lipinski definition) is 1. The molecule has 1 saturated carbocycles. The highest BCUT2D eigenvalue weighted by Crippen LogP contribution is 2.32. The monoisotopic (exact) mass is 342 g/mol. The molecule has 5 heteroatoms. The van der Waals surface area contributed by atoms with E-state index in [2.05, 4.69) is 11.4 Å². The number of benzene rings is 1. The van der Waals surface area contributed by atoms with Crippen LogP contribution in [0, 0.1) is 0 Å². The van der Waals surface area contributed by atoms with Gasteiger partial charge in [-0.1, -0.05) is 18.9 Å². The quantitative estimate of drug-likeness (QED) is 0.900. The Morgan fingerprint density at radius 3 is 2.72 bits per heavy atom. The molecule has 0 spiro atoms. The summed E-state index contributed by atoms with van der Waals surface area (Å²) in [6.45, 7) is 2.44. The normalized spacial score (nSPS) is 18.4. The van der Waals surface area contributed by atoms with Gasteiger partial charge in [0.25, 0.3) is 5.91 Å². The summed E-state index contributed by atoms with van der Waals surface area (Å²) < 4.78 is 11.4. The van der Waals surface area contributed by atoms with Crippen LogP contribution < -0.4 is 10.1 Å². The second-order valence-electron chi connectivity index (χ2n) is 7.14. The van der Waals surface area contributed by atoms with Gasteiger partial charge in [-0.25, -0.2) is 0 Å². The number of rotatable bonds is 5. The smallest absolute Gasteiger partial charge is 0.289 e. The van der Waals surface area contributed by atoms with Crippen LogP contribution in [0.15, 0.2) is 22.6 Å². The number of carbonyl (C=O) groups excluding carboxylic acids is 1. The number of ether oxygens (including phenoxy) is 1. The molecule has 2 fully saturated rings. The van der Waals surface area contributed by atoms with Gasteiger partial charge in [-0.2, -0.15) is 0 Å². The van der Waals surface area contributed by atoms with E-state index >= 15 is 0 Å². The highest BCUT2D eigenvalue weighted by Gasteiger charge is 2.24. The van der Waals surface area contributed by atoms with Gasteiger partial charge in [0, 0.05) is 31.1 Å². The first-order valence-electron chi connectivity index (χ1n) is 9.38. The van der Waals surface area contributed by atoms with Gasteiger partial charge >= 0.3 is 0 Å². The Morgan fingerprint density at radius 1 is 1.24 bits per heavy atom. The molecule has 0 atom stereocenters. The van der Waals surface area contributed by atoms with Crippen LogP contribution in [0.4, 0.5) is 0 Å². The van der Waals surface area contributed by atoms with E-state index in [1.54, 1.807) is 7.11 Å². The van der Waals surface area contributed by atoms with Crippen LogP contribution in [0.2, 0.25) is 0 Å². The average Bonchev–Trinajstić information content (AvgIpc) is 3.40. The number of likely N-dealkylation sites (tertiary alicyclic amines) is 1. The summed E-state index contributed by atoms with van der Waals surface area (Å²) in [6.07, 6.45) is 7.29. The predicted octanol–water partition coefficient (Wildman–Crippen LogP) is 3.71. The van der Waals surface area contributed by atoms with Gasteiger partial charge in [-0.3, -0.25) is 4.79 Å². The Bertz CT molecular complexity index is 756. The number of methoxy groups -OCH3 is 1. The summed E-state index contributed by atoms with van der Waals surface area (Å²) in [5, 5.41) is 4.62. The van der Waals surface area contributed by atoms with Gasteiger partial charge in [0.05, 0.1) is 7.11 Å². The average molecular weight is 342 g/mol. The van der Waals surface area contributed by atoms with Crippen molar-refractivity contribution in [3.05, 3.63) is 29.5 Å². The van der Waals surface area contributed by atoms with Crippen molar-refractivity contribution in [3.63, 3.8) is 0 Å². The first kappa shape index (κ1) is 16.5. The Hall–Kier alpha value is -2.01. The molecule has 1 aliphatic carbocycles. The van der Waals surface area contributed by atoms with Crippen molar-refractivity contribution in [2.45, 2.75) is 51.1 Å². The lowest BCUT2D eigenvalue weighted by atomic mass is 10.1. The number of nitrogens with zero attached hydrogens (tertiary/aromatic N) is 1. The number of fused-ring (bicyclic) bond motifs is 1. The van der Waals surface area contributed by atoms with E-state index in [1.807, 2.05) is 17.0 Å². The first-order valence-corrected chi connectivity index (χ1v) is 9.38. The second kappa shape index (κ2) is 7.08. The fourth-order valence-electron chi connectivity index (χ4n) is 4.03. The largest absolute Gasteiger partial charge is 0.493 e. The molecule has 4 rings (SSSR count). The minimum atomic E-state index is -0.00884. The molecule has 0 radical (unpaired) electrons. The summed E-state index contributed by atoms with van der Waals surface area (Å²) in [6, 6.07) is 6.50. The fourth-order valence-corrected chi connectivity index (χ4v) is 4.03. The van der Waals surface area contributed by atoms with Gasteiger partial charge in [-0.05, 0) is 43.4 Å². The topological polar surface area (TPSA) is 54.7 Å². The van der Waals surface area contributed by atoms with E-state index in [4.69, 9.17) is 9.15 Å². The lowest BCUT2D eigenvalue weighted by Crippen LogP contribution is -2.27. The number of furan rings is 1. The van der Waals surface area contributed by atoms with Gasteiger partial charge in [0.1, 0.15) is 0 Å². The highest BCUT2D eigenvalue weighted by molar-refractivity contribution is 5.98. The van der Waals surface area contributed by atoms with Crippen LogP contribution in [-0.4, -0.2) is 37.0 Å². The molecule has 2 heterocycles. The van der Waals surface area contributed by atoms with Gasteiger partial charge < -0.3 is 19.4 Å². The van der Waals surface area contributed by atoms with Gasteiger partial charge in [0.2, 0.25) is 0 Å². The molecule has 2 aromatic rings. The molecule has 134 valence electrons. The molecule has 1 aromatic carbocycles. The van der Waals surface area contributed by atoms with Crippen molar-refractivity contribution in [1.82, 2.24) is 10.2 Å². The van der Waals surface area contributed by atoms with Crippen LogP contribution in [0.5, 0.6) is 5.75 Å². The lowest BCUT2D eigenvalue weighted by molar-refractivity contribution is 0.0763. The van der Waals surface area contributed by atoms with E-state index < -0.39 is 0 Å². The van der Waals surface area contributed by atoms with Gasteiger partial charge in [0.15, 0.2) is 17.1 Å². The minimum absolute atomic E-state index is 0.00884. The third kappa shape index (κ3) is 3.25. The maximum Gasteiger partial charge on any atom is 0.289 e. The molecular weight excluding hydrogens is 316 g/mol. The Kier molecular flexibility index (Phi) is 4.66. The molecular formula is C20H26N2O3. The highest BCUT2D eigenvalue weighted by atomic mass is 16.5. The fraction of sp³-hybridized carbons (Fsp3) is 0.550. The van der Waals surface area contributed by atoms with Crippen molar-refractivity contribution in [2.75, 3.05) is 20.2 Å². The zero-order chi connectivity index (χ0) is 17.2. The number of hydrogen-bond acceptors (Lipinski definition) is 4. The van der Waals surface area contributed by atoms with E-state index in [0.717, 1.165) is 43.4 Å². The SMILES string of the molecule is COc1ccc(CNC2CCCC2)c2cc(C(=O)N3CCCC3)oc12. The van der Waals surface area contributed by atoms with Crippen LogP contribution >= 0.6 is 0 Å². The number of carbonyl (C=O) groups is 1. The second-order valence-corrected chi connectivity index (χ2v) is 7.14. The Labute approximate surface area is 148 Å². The van der Waals surface area contributed by atoms with Crippen molar-refractivity contribution in [1.29, 1.82) is 0 Å². The van der Waals surface area contributed by atoms with Crippen molar-refractivity contribution >= 4 is 16.9 Å². The van der Waals surface area contributed by atoms with Crippen LogP contribution in [0.3, 0.4) is 0 Å². The van der Waals surface area contributed by atoms with Crippen LogP contribution in [0.25, 0.3) is 11.0 Å². The Morgan fingerprint density at radius 2 is 2.00 bits per heavy atom. The van der Waals surface area contributed by atoms with E-state index in [9.17, 15) is 4.79 Å². The minimum Gasteiger partial charge on any atom is -0.493 e. The molecule has 25 heavy (non-hydrogen) atoms. The molecule has 1 aliphatic heterocycles. The lowest BCUT2D eigenvalue weighted by Gasteiger charge is -2.12. The third-order valence-electron chi connectivity index (χ3n) is 5.50. The maximum atomic E-state index is 12.7. The summed E-state index contributed by atoms with van der Waals surface area (Å²) in [4.78, 5) is 14.5. The molecule has 5 nitrogen and oxygen atoms in total. The molecule has 1 N–H and O–H groups in total. The zero-order valence-corrected chi connectivity index (χ0v) is 14.8. The molecule has 1 saturated heterocycles. The number of amides is 1. The summed E-state index contributed by atoms with van der Waals surface area (Å²) in [5.41, 5.74) is 1.84. The van der Waals surface area contributed by atoms with Crippen molar-refractivity contribution in [3.8, 4) is 5.75 Å². The molecule has 0 bridgehead atoms. The molecule has 2 aliphatic rings. The maximum absolute atomic E-state index is 12.7. The zero-order valence-electron chi connectivity index (χ0n) is 14.8. The van der Waals surface area contributed by atoms with Crippen LogP contribution in [0.1, 0.15) is 54.6 Å². The summed E-state index contributed by atoms with van der Waals surface area (Å²) in [7, 11) is 1.63. The van der Waals surface area contributed by atoms with Crippen LogP contribution in [-0.2, 0) is 6.54 Å². The standard InChI is InChI=1S/C20H26N2O3/c1-24-17-9-8-14(13-21-15-6-2-3-7-15)16-12-18(25-19(16)17)20(23)22-10-4-5-11-22/h8-9,12,15,21H,2-7,10-11,13H2,1H3. The molecule has 1 aromatic heterocycles. The van der Waals surface area contributed by atoms with E-state index in [-0.39, 0.29) is 5.91 Å². The van der Waals surface area contributed by atoms with Crippen molar-refractivity contribution < 1.29 is 13.9 Å². The molecule has 0 unspecified atom stereocenters. The number of nitrogens with one attached hydrogen (secondary N) is 1. The van der Waals surface area contributed by atoms with E-state index in [0.29, 0.717) is 23.1 Å². The van der Waals surface area contributed by atoms with Gasteiger partial charge in [-0.15, -0.1) is 0 Å². The predicted molar refractivity (Wildman–Crippen MR) is 97.0 cm³/mol. The third-order valence-corrected chi connectivity index (χ3v) is 5.50. The van der Waals surface area contributed by atoms with E-state index in [1.165, 1.54) is 25.7 Å². The Balaban J connectivity index is 1.62.